The average Bonchev–Trinajstić information content (AvgIpc) is 2.62. The first-order chi connectivity index (χ1) is 9.10. The predicted molar refractivity (Wildman–Crippen MR) is 71.6 cm³/mol. The molecule has 1 aromatic rings. The van der Waals surface area contributed by atoms with E-state index in [1.54, 1.807) is 17.0 Å². The Hall–Kier alpha value is -2.11. The molecule has 3 N–H and O–H groups in total. The lowest BCUT2D eigenvalue weighted by molar-refractivity contribution is -0.120. The van der Waals surface area contributed by atoms with Crippen molar-refractivity contribution in [3.63, 3.8) is 0 Å². The minimum atomic E-state index is -0.0969. The fourth-order valence-corrected chi connectivity index (χ4v) is 2.07. The fourth-order valence-electron chi connectivity index (χ4n) is 2.07. The van der Waals surface area contributed by atoms with Gasteiger partial charge < -0.3 is 16.0 Å². The highest BCUT2D eigenvalue weighted by atomic mass is 16.2. The molecule has 19 heavy (non-hydrogen) atoms. The molecule has 0 unspecified atom stereocenters. The summed E-state index contributed by atoms with van der Waals surface area (Å²) in [6.07, 6.45) is 1.07. The van der Waals surface area contributed by atoms with Crippen LogP contribution in [-0.4, -0.2) is 41.3 Å². The minimum Gasteiger partial charge on any atom is -0.384 e. The number of nitrogens with one attached hydrogen (secondary N) is 1. The van der Waals surface area contributed by atoms with Crippen molar-refractivity contribution < 1.29 is 9.59 Å². The van der Waals surface area contributed by atoms with Crippen LogP contribution < -0.4 is 11.1 Å². The molecule has 0 bridgehead atoms. The third-order valence-electron chi connectivity index (χ3n) is 3.11. The van der Waals surface area contributed by atoms with Crippen LogP contribution in [0.25, 0.3) is 0 Å². The van der Waals surface area contributed by atoms with Crippen molar-refractivity contribution >= 4 is 17.6 Å². The lowest BCUT2D eigenvalue weighted by Crippen LogP contribution is -2.34. The van der Waals surface area contributed by atoms with Crippen molar-refractivity contribution in [1.82, 2.24) is 15.2 Å². The van der Waals surface area contributed by atoms with Crippen LogP contribution >= 0.6 is 0 Å². The van der Waals surface area contributed by atoms with Crippen molar-refractivity contribution in [3.8, 4) is 0 Å². The molecule has 0 spiro atoms. The van der Waals surface area contributed by atoms with Gasteiger partial charge >= 0.3 is 0 Å². The Morgan fingerprint density at radius 1 is 1.47 bits per heavy atom. The number of carbonyl (C=O) groups is 2. The van der Waals surface area contributed by atoms with Gasteiger partial charge in [-0.05, 0) is 18.6 Å². The Morgan fingerprint density at radius 2 is 2.26 bits per heavy atom. The molecule has 1 aliphatic heterocycles. The maximum atomic E-state index is 12.4. The number of hydrogen-bond acceptors (Lipinski definition) is 4. The highest BCUT2D eigenvalue weighted by Gasteiger charge is 2.20. The Balaban J connectivity index is 2.18. The monoisotopic (exact) mass is 262 g/mol. The first kappa shape index (κ1) is 13.3. The summed E-state index contributed by atoms with van der Waals surface area (Å²) in [7, 11) is 0. The Labute approximate surface area is 112 Å². The van der Waals surface area contributed by atoms with E-state index < -0.39 is 0 Å². The standard InChI is InChI=1S/C13H18N4O2/c1-2-10-7-9(8-11(14)16-10)13(19)17-5-3-12(18)15-4-6-17/h7-8H,2-6H2,1H3,(H2,14,16)(H,15,18). The number of hydrogen-bond donors (Lipinski definition) is 2. The average molecular weight is 262 g/mol. The minimum absolute atomic E-state index is 0.0150. The van der Waals surface area contributed by atoms with Gasteiger partial charge in [-0.3, -0.25) is 9.59 Å². The van der Waals surface area contributed by atoms with E-state index in [0.717, 1.165) is 12.1 Å². The maximum Gasteiger partial charge on any atom is 0.254 e. The van der Waals surface area contributed by atoms with E-state index in [-0.39, 0.29) is 11.8 Å². The van der Waals surface area contributed by atoms with Crippen LogP contribution in [-0.2, 0) is 11.2 Å². The van der Waals surface area contributed by atoms with Crippen molar-refractivity contribution in [1.29, 1.82) is 0 Å². The molecule has 0 saturated carbocycles. The molecule has 1 fully saturated rings. The van der Waals surface area contributed by atoms with Gasteiger partial charge in [0, 0.05) is 37.3 Å². The van der Waals surface area contributed by atoms with E-state index in [0.29, 0.717) is 37.4 Å². The fraction of sp³-hybridized carbons (Fsp3) is 0.462. The topological polar surface area (TPSA) is 88.3 Å². The Kier molecular flexibility index (Phi) is 3.99. The molecule has 0 aromatic carbocycles. The summed E-state index contributed by atoms with van der Waals surface area (Å²) in [6.45, 7) is 3.42. The van der Waals surface area contributed by atoms with E-state index in [2.05, 4.69) is 10.3 Å². The van der Waals surface area contributed by atoms with E-state index in [1.165, 1.54) is 0 Å². The summed E-state index contributed by atoms with van der Waals surface area (Å²) >= 11 is 0. The zero-order chi connectivity index (χ0) is 13.8. The van der Waals surface area contributed by atoms with Gasteiger partial charge in [-0.2, -0.15) is 0 Å². The highest BCUT2D eigenvalue weighted by molar-refractivity contribution is 5.95. The highest BCUT2D eigenvalue weighted by Crippen LogP contribution is 2.12. The van der Waals surface area contributed by atoms with E-state index in [1.807, 2.05) is 6.92 Å². The van der Waals surface area contributed by atoms with Crippen LogP contribution in [0.5, 0.6) is 0 Å². The molecule has 0 aliphatic carbocycles. The third kappa shape index (κ3) is 3.21. The van der Waals surface area contributed by atoms with Crippen LogP contribution in [0.2, 0.25) is 0 Å². The molecule has 2 amide bonds. The smallest absolute Gasteiger partial charge is 0.254 e. The summed E-state index contributed by atoms with van der Waals surface area (Å²) in [4.78, 5) is 29.5. The van der Waals surface area contributed by atoms with Gasteiger partial charge in [0.25, 0.3) is 5.91 Å². The number of aromatic nitrogens is 1. The maximum absolute atomic E-state index is 12.4. The molecule has 2 heterocycles. The molecule has 1 saturated heterocycles. The van der Waals surface area contributed by atoms with Crippen LogP contribution in [0.3, 0.4) is 0 Å². The van der Waals surface area contributed by atoms with Crippen LogP contribution in [0.1, 0.15) is 29.4 Å². The van der Waals surface area contributed by atoms with Gasteiger partial charge in [-0.25, -0.2) is 4.98 Å². The van der Waals surface area contributed by atoms with Crippen molar-refractivity contribution in [2.45, 2.75) is 19.8 Å². The Morgan fingerprint density at radius 3 is 3.00 bits per heavy atom. The number of anilines is 1. The van der Waals surface area contributed by atoms with E-state index in [9.17, 15) is 9.59 Å². The van der Waals surface area contributed by atoms with Gasteiger partial charge in [0.1, 0.15) is 5.82 Å². The van der Waals surface area contributed by atoms with Crippen molar-refractivity contribution in [3.05, 3.63) is 23.4 Å². The summed E-state index contributed by atoms with van der Waals surface area (Å²) in [5.74, 6) is 0.241. The summed E-state index contributed by atoms with van der Waals surface area (Å²) in [6, 6.07) is 3.35. The molecular weight excluding hydrogens is 244 g/mol. The lowest BCUT2D eigenvalue weighted by atomic mass is 10.1. The quantitative estimate of drug-likeness (QED) is 0.796. The Bertz CT molecular complexity index is 501. The second-order valence-electron chi connectivity index (χ2n) is 4.52. The van der Waals surface area contributed by atoms with Gasteiger partial charge in [0.2, 0.25) is 5.91 Å². The van der Waals surface area contributed by atoms with E-state index in [4.69, 9.17) is 5.73 Å². The van der Waals surface area contributed by atoms with Gasteiger partial charge in [-0.15, -0.1) is 0 Å². The van der Waals surface area contributed by atoms with Gasteiger partial charge in [0.15, 0.2) is 0 Å². The van der Waals surface area contributed by atoms with Crippen molar-refractivity contribution in [2.24, 2.45) is 0 Å². The zero-order valence-electron chi connectivity index (χ0n) is 11.0. The summed E-state index contributed by atoms with van der Waals surface area (Å²) < 4.78 is 0. The molecule has 6 nitrogen and oxygen atoms in total. The van der Waals surface area contributed by atoms with Gasteiger partial charge in [0.05, 0.1) is 0 Å². The molecule has 0 radical (unpaired) electrons. The SMILES string of the molecule is CCc1cc(C(=O)N2CCNC(=O)CC2)cc(N)n1. The van der Waals surface area contributed by atoms with Crippen LogP contribution in [0.15, 0.2) is 12.1 Å². The number of nitrogens with zero attached hydrogens (tertiary/aromatic N) is 2. The molecule has 6 heteroatoms. The molecule has 1 aliphatic rings. The van der Waals surface area contributed by atoms with E-state index >= 15 is 0 Å². The predicted octanol–water partition coefficient (Wildman–Crippen LogP) is 0.188. The summed E-state index contributed by atoms with van der Waals surface area (Å²) in [5, 5.41) is 2.74. The number of aryl methyl sites for hydroxylation is 1. The largest absolute Gasteiger partial charge is 0.384 e. The first-order valence-corrected chi connectivity index (χ1v) is 6.42. The van der Waals surface area contributed by atoms with Crippen LogP contribution in [0.4, 0.5) is 5.82 Å². The number of carbonyl (C=O) groups excluding carboxylic acids is 2. The number of pyridine rings is 1. The number of rotatable bonds is 2. The second-order valence-corrected chi connectivity index (χ2v) is 4.52. The zero-order valence-corrected chi connectivity index (χ0v) is 11.0. The van der Waals surface area contributed by atoms with Gasteiger partial charge in [-0.1, -0.05) is 6.92 Å². The number of amides is 2. The summed E-state index contributed by atoms with van der Waals surface area (Å²) in [5.41, 5.74) is 7.05. The van der Waals surface area contributed by atoms with Crippen LogP contribution in [0, 0.1) is 0 Å². The molecular formula is C13H18N4O2. The normalized spacial score (nSPS) is 15.8. The molecule has 102 valence electrons. The second kappa shape index (κ2) is 5.69. The molecule has 2 rings (SSSR count). The number of nitrogen functional groups attached to an aromatic ring is 1. The molecule has 1 aromatic heterocycles. The first-order valence-electron chi connectivity index (χ1n) is 6.42. The van der Waals surface area contributed by atoms with Crippen molar-refractivity contribution in [2.75, 3.05) is 25.4 Å². The molecule has 0 atom stereocenters. The lowest BCUT2D eigenvalue weighted by Gasteiger charge is -2.19. The number of nitrogens with two attached hydrogens (primary N) is 1. The third-order valence-corrected chi connectivity index (χ3v) is 3.11.